The average molecular weight is 199 g/mol. The van der Waals surface area contributed by atoms with E-state index in [9.17, 15) is 0 Å². The molecule has 84 valence electrons. The molecule has 0 heterocycles. The number of nitrogens with zero attached hydrogens (tertiary/aromatic N) is 1. The van der Waals surface area contributed by atoms with Gasteiger partial charge in [-0.1, -0.05) is 27.2 Å². The van der Waals surface area contributed by atoms with E-state index in [1.807, 2.05) is 0 Å². The van der Waals surface area contributed by atoms with Crippen molar-refractivity contribution in [2.45, 2.75) is 53.0 Å². The van der Waals surface area contributed by atoms with Gasteiger partial charge in [0, 0.05) is 12.1 Å². The van der Waals surface area contributed by atoms with Crippen molar-refractivity contribution in [1.29, 1.82) is 0 Å². The predicted molar refractivity (Wildman–Crippen MR) is 63.5 cm³/mol. The molecule has 3 N–H and O–H groups in total. The molecular weight excluding hydrogens is 174 g/mol. The second kappa shape index (κ2) is 5.89. The normalized spacial score (nSPS) is 13.4. The van der Waals surface area contributed by atoms with Crippen molar-refractivity contribution in [2.75, 3.05) is 6.54 Å². The lowest BCUT2D eigenvalue weighted by Gasteiger charge is -2.26. The molecule has 0 spiro atoms. The molecular formula is C11H25N3. The molecule has 0 amide bonds. The quantitative estimate of drug-likeness (QED) is 0.526. The second-order valence-corrected chi connectivity index (χ2v) is 4.88. The molecule has 0 aromatic carbocycles. The zero-order valence-electron chi connectivity index (χ0n) is 10.2. The van der Waals surface area contributed by atoms with E-state index in [1.165, 1.54) is 0 Å². The lowest BCUT2D eigenvalue weighted by atomic mass is 9.99. The molecule has 0 aliphatic heterocycles. The van der Waals surface area contributed by atoms with E-state index in [-0.39, 0.29) is 5.54 Å². The summed E-state index contributed by atoms with van der Waals surface area (Å²) < 4.78 is 0. The molecule has 14 heavy (non-hydrogen) atoms. The monoisotopic (exact) mass is 199 g/mol. The summed E-state index contributed by atoms with van der Waals surface area (Å²) in [5, 5.41) is 3.24. The third kappa shape index (κ3) is 6.75. The fraction of sp³-hybridized carbons (Fsp3) is 0.909. The van der Waals surface area contributed by atoms with Gasteiger partial charge in [-0.25, -0.2) is 0 Å². The molecule has 0 aromatic rings. The first-order valence-electron chi connectivity index (χ1n) is 5.45. The lowest BCUT2D eigenvalue weighted by Crippen LogP contribution is -2.47. The van der Waals surface area contributed by atoms with E-state index in [0.717, 1.165) is 19.4 Å². The van der Waals surface area contributed by atoms with Crippen LogP contribution in [0.15, 0.2) is 4.99 Å². The Hall–Kier alpha value is -0.730. The van der Waals surface area contributed by atoms with Gasteiger partial charge in [0.15, 0.2) is 5.96 Å². The van der Waals surface area contributed by atoms with Crippen LogP contribution >= 0.6 is 0 Å². The summed E-state index contributed by atoms with van der Waals surface area (Å²) in [5.41, 5.74) is 5.83. The first-order valence-corrected chi connectivity index (χ1v) is 5.45. The number of guanidine groups is 1. The molecule has 3 nitrogen and oxygen atoms in total. The van der Waals surface area contributed by atoms with E-state index in [4.69, 9.17) is 5.73 Å². The van der Waals surface area contributed by atoms with E-state index in [0.29, 0.717) is 11.9 Å². The number of hydrogen-bond donors (Lipinski definition) is 2. The molecule has 0 saturated heterocycles. The Morgan fingerprint density at radius 2 is 2.00 bits per heavy atom. The Labute approximate surface area is 88.2 Å². The molecule has 0 unspecified atom stereocenters. The zero-order chi connectivity index (χ0) is 11.2. The van der Waals surface area contributed by atoms with Crippen LogP contribution in [0, 0.1) is 5.92 Å². The van der Waals surface area contributed by atoms with Crippen molar-refractivity contribution in [3.05, 3.63) is 0 Å². The molecule has 0 aliphatic rings. The van der Waals surface area contributed by atoms with Crippen molar-refractivity contribution in [3.8, 4) is 0 Å². The molecule has 0 radical (unpaired) electrons. The number of hydrogen-bond acceptors (Lipinski definition) is 1. The zero-order valence-corrected chi connectivity index (χ0v) is 10.2. The van der Waals surface area contributed by atoms with Crippen LogP contribution < -0.4 is 11.1 Å². The number of aliphatic imine (C=N–C) groups is 1. The molecule has 0 aromatic heterocycles. The van der Waals surface area contributed by atoms with Crippen LogP contribution in [0.2, 0.25) is 0 Å². The van der Waals surface area contributed by atoms with Crippen molar-refractivity contribution in [2.24, 2.45) is 16.6 Å². The van der Waals surface area contributed by atoms with Gasteiger partial charge in [-0.05, 0) is 26.2 Å². The van der Waals surface area contributed by atoms with Gasteiger partial charge in [-0.3, -0.25) is 4.99 Å². The third-order valence-electron chi connectivity index (χ3n) is 1.97. The molecule has 0 rings (SSSR count). The average Bonchev–Trinajstić information content (AvgIpc) is 1.99. The van der Waals surface area contributed by atoms with Crippen LogP contribution in [0.5, 0.6) is 0 Å². The maximum absolute atomic E-state index is 5.78. The smallest absolute Gasteiger partial charge is 0.189 e. The highest BCUT2D eigenvalue weighted by molar-refractivity contribution is 5.78. The maximum Gasteiger partial charge on any atom is 0.189 e. The van der Waals surface area contributed by atoms with Gasteiger partial charge in [-0.15, -0.1) is 0 Å². The van der Waals surface area contributed by atoms with Crippen molar-refractivity contribution in [1.82, 2.24) is 5.32 Å². The number of nitrogens with two attached hydrogens (primary N) is 1. The van der Waals surface area contributed by atoms with Crippen LogP contribution in [0.3, 0.4) is 0 Å². The van der Waals surface area contributed by atoms with E-state index < -0.39 is 0 Å². The minimum Gasteiger partial charge on any atom is -0.370 e. The van der Waals surface area contributed by atoms with E-state index in [2.05, 4.69) is 44.9 Å². The number of nitrogens with one attached hydrogen (secondary N) is 1. The molecule has 0 aliphatic carbocycles. The summed E-state index contributed by atoms with van der Waals surface area (Å²) in [4.78, 5) is 4.27. The first kappa shape index (κ1) is 13.3. The first-order chi connectivity index (χ1) is 6.37. The minimum atomic E-state index is 0.0549. The topological polar surface area (TPSA) is 50.4 Å². The van der Waals surface area contributed by atoms with Gasteiger partial charge in [-0.2, -0.15) is 0 Å². The van der Waals surface area contributed by atoms with Crippen molar-refractivity contribution < 1.29 is 0 Å². The molecule has 0 atom stereocenters. The third-order valence-corrected chi connectivity index (χ3v) is 1.97. The van der Waals surface area contributed by atoms with Crippen LogP contribution in [-0.4, -0.2) is 18.0 Å². The summed E-state index contributed by atoms with van der Waals surface area (Å²) >= 11 is 0. The van der Waals surface area contributed by atoms with Gasteiger partial charge in [0.1, 0.15) is 0 Å². The standard InChI is InChI=1S/C11H25N3/c1-6-7-11(4,5)14-10(12)13-8-9(2)3/h9H,6-8H2,1-5H3,(H3,12,13,14). The highest BCUT2D eigenvalue weighted by Gasteiger charge is 2.16. The molecule has 0 bridgehead atoms. The van der Waals surface area contributed by atoms with Crippen LogP contribution in [0.25, 0.3) is 0 Å². The number of rotatable bonds is 5. The van der Waals surface area contributed by atoms with E-state index in [1.54, 1.807) is 0 Å². The Morgan fingerprint density at radius 3 is 2.43 bits per heavy atom. The van der Waals surface area contributed by atoms with Gasteiger partial charge in [0.25, 0.3) is 0 Å². The van der Waals surface area contributed by atoms with Crippen LogP contribution in [0.1, 0.15) is 47.5 Å². The van der Waals surface area contributed by atoms with Gasteiger partial charge >= 0.3 is 0 Å². The molecule has 0 fully saturated rings. The Morgan fingerprint density at radius 1 is 1.43 bits per heavy atom. The Kier molecular flexibility index (Phi) is 5.58. The summed E-state index contributed by atoms with van der Waals surface area (Å²) in [5.74, 6) is 1.13. The molecule has 0 saturated carbocycles. The van der Waals surface area contributed by atoms with Gasteiger partial charge in [0.2, 0.25) is 0 Å². The summed E-state index contributed by atoms with van der Waals surface area (Å²) in [6.45, 7) is 11.5. The summed E-state index contributed by atoms with van der Waals surface area (Å²) in [7, 11) is 0. The van der Waals surface area contributed by atoms with Gasteiger partial charge < -0.3 is 11.1 Å². The fourth-order valence-electron chi connectivity index (χ4n) is 1.35. The minimum absolute atomic E-state index is 0.0549. The fourth-order valence-corrected chi connectivity index (χ4v) is 1.35. The van der Waals surface area contributed by atoms with Crippen molar-refractivity contribution >= 4 is 5.96 Å². The predicted octanol–water partition coefficient (Wildman–Crippen LogP) is 2.13. The SMILES string of the molecule is CCCC(C)(C)NC(N)=NCC(C)C. The Bertz CT molecular complexity index is 183. The summed E-state index contributed by atoms with van der Waals surface area (Å²) in [6, 6.07) is 0. The van der Waals surface area contributed by atoms with Crippen molar-refractivity contribution in [3.63, 3.8) is 0 Å². The molecule has 3 heteroatoms. The van der Waals surface area contributed by atoms with Crippen LogP contribution in [-0.2, 0) is 0 Å². The highest BCUT2D eigenvalue weighted by Crippen LogP contribution is 2.09. The van der Waals surface area contributed by atoms with E-state index >= 15 is 0 Å². The van der Waals surface area contributed by atoms with Crippen LogP contribution in [0.4, 0.5) is 0 Å². The maximum atomic E-state index is 5.78. The largest absolute Gasteiger partial charge is 0.370 e. The lowest BCUT2D eigenvalue weighted by molar-refractivity contribution is 0.418. The Balaban J connectivity index is 4.02. The highest BCUT2D eigenvalue weighted by atomic mass is 15.1. The second-order valence-electron chi connectivity index (χ2n) is 4.88. The summed E-state index contributed by atoms with van der Waals surface area (Å²) in [6.07, 6.45) is 2.25. The van der Waals surface area contributed by atoms with Gasteiger partial charge in [0.05, 0.1) is 0 Å².